The van der Waals surface area contributed by atoms with Crippen LogP contribution in [0.5, 0.6) is 0 Å². The molecule has 0 saturated heterocycles. The molecular formula is C15H15N5. The Balaban J connectivity index is 2.22. The Morgan fingerprint density at radius 3 is 2.60 bits per heavy atom. The van der Waals surface area contributed by atoms with Crippen molar-refractivity contribution in [3.63, 3.8) is 0 Å². The average Bonchev–Trinajstić information content (AvgIpc) is 2.46. The van der Waals surface area contributed by atoms with Gasteiger partial charge in [-0.2, -0.15) is 0 Å². The first-order valence-electron chi connectivity index (χ1n) is 6.36. The fourth-order valence-corrected chi connectivity index (χ4v) is 2.22. The number of hydrazine groups is 1. The molecule has 3 aromatic rings. The lowest BCUT2D eigenvalue weighted by atomic mass is 10.1. The Morgan fingerprint density at radius 1 is 1.00 bits per heavy atom. The topological polar surface area (TPSA) is 76.7 Å². The maximum atomic E-state index is 5.43. The SMILES string of the molecule is Cc1cc(NN)nc(-c2cc(C)c3ccccc3n2)n1. The Hall–Kier alpha value is -2.53. The summed E-state index contributed by atoms with van der Waals surface area (Å²) in [5.41, 5.74) is 6.24. The van der Waals surface area contributed by atoms with Crippen molar-refractivity contribution < 1.29 is 0 Å². The quantitative estimate of drug-likeness (QED) is 0.550. The van der Waals surface area contributed by atoms with Crippen molar-refractivity contribution in [2.45, 2.75) is 13.8 Å². The van der Waals surface area contributed by atoms with Crippen molar-refractivity contribution in [1.82, 2.24) is 15.0 Å². The molecule has 0 radical (unpaired) electrons. The highest BCUT2D eigenvalue weighted by atomic mass is 15.3. The van der Waals surface area contributed by atoms with E-state index in [1.165, 1.54) is 0 Å². The Bertz CT molecular complexity index is 782. The molecule has 3 rings (SSSR count). The van der Waals surface area contributed by atoms with Gasteiger partial charge in [0.05, 0.1) is 5.52 Å². The Labute approximate surface area is 116 Å². The molecule has 0 bridgehead atoms. The summed E-state index contributed by atoms with van der Waals surface area (Å²) in [4.78, 5) is 13.4. The van der Waals surface area contributed by atoms with E-state index in [-0.39, 0.29) is 0 Å². The molecule has 100 valence electrons. The van der Waals surface area contributed by atoms with Crippen molar-refractivity contribution in [3.8, 4) is 11.5 Å². The molecule has 0 aliphatic carbocycles. The van der Waals surface area contributed by atoms with Crippen LogP contribution in [0.25, 0.3) is 22.4 Å². The highest BCUT2D eigenvalue weighted by Gasteiger charge is 2.09. The summed E-state index contributed by atoms with van der Waals surface area (Å²) in [6.07, 6.45) is 0. The van der Waals surface area contributed by atoms with Crippen molar-refractivity contribution in [2.75, 3.05) is 5.43 Å². The van der Waals surface area contributed by atoms with Crippen molar-refractivity contribution in [3.05, 3.63) is 47.7 Å². The minimum Gasteiger partial charge on any atom is -0.308 e. The molecule has 5 nitrogen and oxygen atoms in total. The summed E-state index contributed by atoms with van der Waals surface area (Å²) < 4.78 is 0. The lowest BCUT2D eigenvalue weighted by Crippen LogP contribution is -2.10. The molecule has 0 aliphatic rings. The third-order valence-corrected chi connectivity index (χ3v) is 3.15. The van der Waals surface area contributed by atoms with Gasteiger partial charge in [-0.15, -0.1) is 0 Å². The molecule has 5 heteroatoms. The van der Waals surface area contributed by atoms with Crippen LogP contribution in [0.15, 0.2) is 36.4 Å². The molecule has 3 N–H and O–H groups in total. The molecule has 0 saturated carbocycles. The van der Waals surface area contributed by atoms with E-state index in [1.54, 1.807) is 6.07 Å². The van der Waals surface area contributed by atoms with Gasteiger partial charge < -0.3 is 5.43 Å². The first kappa shape index (κ1) is 12.5. The Morgan fingerprint density at radius 2 is 1.80 bits per heavy atom. The van der Waals surface area contributed by atoms with Gasteiger partial charge in [-0.3, -0.25) is 0 Å². The van der Waals surface area contributed by atoms with Crippen LogP contribution in [0.2, 0.25) is 0 Å². The van der Waals surface area contributed by atoms with Crippen LogP contribution in [-0.2, 0) is 0 Å². The number of anilines is 1. The number of aryl methyl sites for hydroxylation is 2. The molecule has 2 heterocycles. The lowest BCUT2D eigenvalue weighted by molar-refractivity contribution is 1.08. The van der Waals surface area contributed by atoms with E-state index >= 15 is 0 Å². The molecule has 2 aromatic heterocycles. The molecule has 1 aromatic carbocycles. The standard InChI is InChI=1S/C15H15N5/c1-9-7-13(18-12-6-4-3-5-11(9)12)15-17-10(2)8-14(19-15)20-16/h3-8H,16H2,1-2H3,(H,17,19,20). The smallest absolute Gasteiger partial charge is 0.180 e. The number of hydrogen-bond donors (Lipinski definition) is 2. The number of para-hydroxylation sites is 1. The van der Waals surface area contributed by atoms with Crippen LogP contribution in [0.3, 0.4) is 0 Å². The zero-order valence-electron chi connectivity index (χ0n) is 11.4. The largest absolute Gasteiger partial charge is 0.308 e. The zero-order chi connectivity index (χ0) is 14.1. The van der Waals surface area contributed by atoms with Crippen molar-refractivity contribution in [2.24, 2.45) is 5.84 Å². The molecular weight excluding hydrogens is 250 g/mol. The van der Waals surface area contributed by atoms with Crippen LogP contribution < -0.4 is 11.3 Å². The number of pyridine rings is 1. The maximum absolute atomic E-state index is 5.43. The van der Waals surface area contributed by atoms with Gasteiger partial charge >= 0.3 is 0 Å². The number of rotatable bonds is 2. The number of fused-ring (bicyclic) bond motifs is 1. The first-order valence-corrected chi connectivity index (χ1v) is 6.36. The van der Waals surface area contributed by atoms with E-state index in [0.29, 0.717) is 11.6 Å². The van der Waals surface area contributed by atoms with E-state index in [1.807, 2.05) is 31.2 Å². The third kappa shape index (κ3) is 2.19. The predicted molar refractivity (Wildman–Crippen MR) is 80.1 cm³/mol. The number of aromatic nitrogens is 3. The molecule has 20 heavy (non-hydrogen) atoms. The number of nitrogen functional groups attached to an aromatic ring is 1. The van der Waals surface area contributed by atoms with Crippen molar-refractivity contribution >= 4 is 16.7 Å². The van der Waals surface area contributed by atoms with Gasteiger partial charge in [-0.25, -0.2) is 20.8 Å². The third-order valence-electron chi connectivity index (χ3n) is 3.15. The zero-order valence-corrected chi connectivity index (χ0v) is 11.4. The fraction of sp³-hybridized carbons (Fsp3) is 0.133. The molecule has 0 aliphatic heterocycles. The van der Waals surface area contributed by atoms with Crippen LogP contribution >= 0.6 is 0 Å². The van der Waals surface area contributed by atoms with Gasteiger partial charge in [0.15, 0.2) is 5.82 Å². The van der Waals surface area contributed by atoms with Crippen LogP contribution in [0, 0.1) is 13.8 Å². The number of nitrogens with zero attached hydrogens (tertiary/aromatic N) is 3. The first-order chi connectivity index (χ1) is 9.67. The predicted octanol–water partition coefficient (Wildman–Crippen LogP) is 2.59. The summed E-state index contributed by atoms with van der Waals surface area (Å²) in [6.45, 7) is 3.96. The van der Waals surface area contributed by atoms with Crippen molar-refractivity contribution in [1.29, 1.82) is 0 Å². The lowest BCUT2D eigenvalue weighted by Gasteiger charge is -2.07. The van der Waals surface area contributed by atoms with E-state index in [9.17, 15) is 0 Å². The summed E-state index contributed by atoms with van der Waals surface area (Å²) in [5, 5.41) is 1.14. The molecule has 0 amide bonds. The van der Waals surface area contributed by atoms with E-state index in [4.69, 9.17) is 5.84 Å². The van der Waals surface area contributed by atoms with E-state index in [0.717, 1.165) is 27.9 Å². The minimum atomic E-state index is 0.576. The second-order valence-corrected chi connectivity index (χ2v) is 4.70. The second kappa shape index (κ2) is 4.86. The van der Waals surface area contributed by atoms with Gasteiger partial charge in [-0.1, -0.05) is 18.2 Å². The Kier molecular flexibility index (Phi) is 3.04. The average molecular weight is 265 g/mol. The van der Waals surface area contributed by atoms with Crippen LogP contribution in [0.1, 0.15) is 11.3 Å². The number of benzene rings is 1. The minimum absolute atomic E-state index is 0.576. The highest BCUT2D eigenvalue weighted by Crippen LogP contribution is 2.23. The second-order valence-electron chi connectivity index (χ2n) is 4.70. The van der Waals surface area contributed by atoms with Gasteiger partial charge in [0.25, 0.3) is 0 Å². The summed E-state index contributed by atoms with van der Waals surface area (Å²) in [6, 6.07) is 11.8. The number of nitrogens with two attached hydrogens (primary N) is 1. The van der Waals surface area contributed by atoms with Crippen LogP contribution in [0.4, 0.5) is 5.82 Å². The molecule has 0 unspecified atom stereocenters. The monoisotopic (exact) mass is 265 g/mol. The molecule has 0 atom stereocenters. The molecule has 0 fully saturated rings. The van der Waals surface area contributed by atoms with Gasteiger partial charge in [0.1, 0.15) is 11.5 Å². The van der Waals surface area contributed by atoms with E-state index < -0.39 is 0 Å². The number of hydrogen-bond acceptors (Lipinski definition) is 5. The van der Waals surface area contributed by atoms with E-state index in [2.05, 4.69) is 33.4 Å². The maximum Gasteiger partial charge on any atom is 0.180 e. The highest BCUT2D eigenvalue weighted by molar-refractivity contribution is 5.84. The number of nitrogens with one attached hydrogen (secondary N) is 1. The van der Waals surface area contributed by atoms with Gasteiger partial charge in [0.2, 0.25) is 0 Å². The summed E-state index contributed by atoms with van der Waals surface area (Å²) in [7, 11) is 0. The fourth-order valence-electron chi connectivity index (χ4n) is 2.22. The summed E-state index contributed by atoms with van der Waals surface area (Å²) >= 11 is 0. The van der Waals surface area contributed by atoms with Gasteiger partial charge in [-0.05, 0) is 31.5 Å². The van der Waals surface area contributed by atoms with Gasteiger partial charge in [0, 0.05) is 17.1 Å². The molecule has 0 spiro atoms. The summed E-state index contributed by atoms with van der Waals surface area (Å²) in [5.74, 6) is 6.58. The normalized spacial score (nSPS) is 10.8. The van der Waals surface area contributed by atoms with Crippen LogP contribution in [-0.4, -0.2) is 15.0 Å².